The first-order valence-corrected chi connectivity index (χ1v) is 6.79. The molecule has 0 saturated carbocycles. The van der Waals surface area contributed by atoms with Gasteiger partial charge in [-0.1, -0.05) is 20.8 Å². The molecule has 0 aromatic heterocycles. The number of hydrogen-bond donors (Lipinski definition) is 4. The molecule has 0 rings (SSSR count). The fraction of sp³-hybridized carbons (Fsp3) is 0.909. The van der Waals surface area contributed by atoms with Gasteiger partial charge in [-0.2, -0.15) is 25.3 Å². The van der Waals surface area contributed by atoms with E-state index in [1.165, 1.54) is 0 Å². The Morgan fingerprint density at radius 2 is 1.69 bits per heavy atom. The maximum Gasteiger partial charge on any atom is 0.225 e. The maximum absolute atomic E-state index is 11.8. The fourth-order valence-corrected chi connectivity index (χ4v) is 1.81. The summed E-state index contributed by atoms with van der Waals surface area (Å²) in [4.78, 5) is 11.8. The zero-order valence-corrected chi connectivity index (χ0v) is 12.0. The molecule has 0 saturated heterocycles. The van der Waals surface area contributed by atoms with Crippen LogP contribution in [-0.4, -0.2) is 28.7 Å². The van der Waals surface area contributed by atoms with Crippen LogP contribution in [-0.2, 0) is 4.79 Å². The zero-order valence-electron chi connectivity index (χ0n) is 10.2. The Labute approximate surface area is 109 Å². The summed E-state index contributed by atoms with van der Waals surface area (Å²) in [7, 11) is 0. The van der Waals surface area contributed by atoms with Crippen LogP contribution in [0.4, 0.5) is 0 Å². The predicted molar refractivity (Wildman–Crippen MR) is 74.0 cm³/mol. The Morgan fingerprint density at radius 3 is 2.00 bits per heavy atom. The Hall–Kier alpha value is 0.130. The van der Waals surface area contributed by atoms with Crippen molar-refractivity contribution in [2.45, 2.75) is 39.8 Å². The normalized spacial score (nSPS) is 13.9. The Bertz CT molecular complexity index is 211. The van der Waals surface area contributed by atoms with E-state index in [4.69, 9.17) is 0 Å². The standard InChI is InChI=1S/C11H23NO2S2/c1-11(2,3)10(14)12-9(13)8(4-6-15)5-7-16/h8,10,14-16H,4-7H2,1-3H3,(H,12,13). The Morgan fingerprint density at radius 1 is 1.25 bits per heavy atom. The van der Waals surface area contributed by atoms with Crippen LogP contribution < -0.4 is 5.32 Å². The van der Waals surface area contributed by atoms with Gasteiger partial charge in [-0.15, -0.1) is 0 Å². The number of carbonyl (C=O) groups is 1. The van der Waals surface area contributed by atoms with Crippen LogP contribution in [0.3, 0.4) is 0 Å². The molecule has 1 atom stereocenters. The summed E-state index contributed by atoms with van der Waals surface area (Å²) >= 11 is 8.25. The SMILES string of the molecule is CC(C)(C)C(O)NC(=O)C(CCS)CCS. The second-order valence-corrected chi connectivity index (χ2v) is 5.89. The highest BCUT2D eigenvalue weighted by atomic mass is 32.1. The van der Waals surface area contributed by atoms with Gasteiger partial charge in [0.1, 0.15) is 6.23 Å². The first kappa shape index (κ1) is 16.1. The van der Waals surface area contributed by atoms with Gasteiger partial charge in [0.25, 0.3) is 0 Å². The molecule has 1 amide bonds. The van der Waals surface area contributed by atoms with Gasteiger partial charge in [0.15, 0.2) is 0 Å². The average molecular weight is 265 g/mol. The van der Waals surface area contributed by atoms with Crippen molar-refractivity contribution in [2.24, 2.45) is 11.3 Å². The van der Waals surface area contributed by atoms with Crippen molar-refractivity contribution in [2.75, 3.05) is 11.5 Å². The van der Waals surface area contributed by atoms with E-state index >= 15 is 0 Å². The molecule has 0 aromatic rings. The van der Waals surface area contributed by atoms with Crippen molar-refractivity contribution >= 4 is 31.2 Å². The van der Waals surface area contributed by atoms with E-state index in [9.17, 15) is 9.90 Å². The average Bonchev–Trinajstić information content (AvgIpc) is 2.15. The third-order valence-electron chi connectivity index (χ3n) is 2.43. The molecule has 0 aliphatic heterocycles. The molecule has 0 aliphatic rings. The Balaban J connectivity index is 4.29. The van der Waals surface area contributed by atoms with Gasteiger partial charge in [0.05, 0.1) is 0 Å². The van der Waals surface area contributed by atoms with E-state index < -0.39 is 6.23 Å². The third-order valence-corrected chi connectivity index (χ3v) is 2.94. The lowest BCUT2D eigenvalue weighted by molar-refractivity contribution is -0.130. The minimum Gasteiger partial charge on any atom is -0.373 e. The van der Waals surface area contributed by atoms with Gasteiger partial charge < -0.3 is 10.4 Å². The highest BCUT2D eigenvalue weighted by Crippen LogP contribution is 2.18. The molecule has 2 N–H and O–H groups in total. The molecule has 0 spiro atoms. The van der Waals surface area contributed by atoms with Crippen molar-refractivity contribution in [1.82, 2.24) is 5.32 Å². The molecular formula is C11H23NO2S2. The summed E-state index contributed by atoms with van der Waals surface area (Å²) in [6.45, 7) is 5.64. The van der Waals surface area contributed by atoms with Crippen LogP contribution >= 0.6 is 25.3 Å². The van der Waals surface area contributed by atoms with Crippen LogP contribution in [0.25, 0.3) is 0 Å². The topological polar surface area (TPSA) is 49.3 Å². The maximum atomic E-state index is 11.8. The van der Waals surface area contributed by atoms with E-state index in [1.54, 1.807) is 0 Å². The van der Waals surface area contributed by atoms with Crippen LogP contribution in [0.5, 0.6) is 0 Å². The van der Waals surface area contributed by atoms with E-state index in [0.29, 0.717) is 24.3 Å². The van der Waals surface area contributed by atoms with Crippen molar-refractivity contribution in [3.8, 4) is 0 Å². The summed E-state index contributed by atoms with van der Waals surface area (Å²) in [6.07, 6.45) is 0.612. The highest BCUT2D eigenvalue weighted by molar-refractivity contribution is 7.80. The summed E-state index contributed by atoms with van der Waals surface area (Å²) in [5.41, 5.74) is -0.345. The van der Waals surface area contributed by atoms with Crippen LogP contribution in [0, 0.1) is 11.3 Å². The van der Waals surface area contributed by atoms with Gasteiger partial charge in [0.2, 0.25) is 5.91 Å². The number of carbonyl (C=O) groups excluding carboxylic acids is 1. The van der Waals surface area contributed by atoms with E-state index in [1.807, 2.05) is 20.8 Å². The number of nitrogens with one attached hydrogen (secondary N) is 1. The number of aliphatic hydroxyl groups excluding tert-OH is 1. The molecule has 0 aliphatic carbocycles. The van der Waals surface area contributed by atoms with E-state index in [0.717, 1.165) is 0 Å². The molecule has 16 heavy (non-hydrogen) atoms. The fourth-order valence-electron chi connectivity index (χ4n) is 1.19. The lowest BCUT2D eigenvalue weighted by Crippen LogP contribution is -2.46. The third kappa shape index (κ3) is 6.01. The number of aliphatic hydroxyl groups is 1. The molecule has 0 fully saturated rings. The summed E-state index contributed by atoms with van der Waals surface area (Å²) in [6, 6.07) is 0. The summed E-state index contributed by atoms with van der Waals surface area (Å²) < 4.78 is 0. The lowest BCUT2D eigenvalue weighted by atomic mass is 9.93. The second kappa shape index (κ2) is 7.45. The van der Waals surface area contributed by atoms with Crippen LogP contribution in [0.1, 0.15) is 33.6 Å². The minimum atomic E-state index is -0.817. The Kier molecular flexibility index (Phi) is 7.52. The van der Waals surface area contributed by atoms with Crippen molar-refractivity contribution in [3.63, 3.8) is 0 Å². The van der Waals surface area contributed by atoms with Gasteiger partial charge in [0, 0.05) is 11.3 Å². The van der Waals surface area contributed by atoms with Crippen molar-refractivity contribution in [1.29, 1.82) is 0 Å². The molecule has 3 nitrogen and oxygen atoms in total. The molecule has 1 unspecified atom stereocenters. The number of rotatable bonds is 6. The van der Waals surface area contributed by atoms with Gasteiger partial charge in [-0.3, -0.25) is 4.79 Å². The molecule has 0 radical (unpaired) electrons. The van der Waals surface area contributed by atoms with E-state index in [-0.39, 0.29) is 17.2 Å². The summed E-state index contributed by atoms with van der Waals surface area (Å²) in [5.74, 6) is 1.12. The zero-order chi connectivity index (χ0) is 12.8. The number of thiol groups is 2. The second-order valence-electron chi connectivity index (χ2n) is 5.00. The van der Waals surface area contributed by atoms with Crippen molar-refractivity contribution in [3.05, 3.63) is 0 Å². The molecule has 5 heteroatoms. The lowest BCUT2D eigenvalue weighted by Gasteiger charge is -2.28. The highest BCUT2D eigenvalue weighted by Gasteiger charge is 2.26. The molecular weight excluding hydrogens is 242 g/mol. The predicted octanol–water partition coefficient (Wildman–Crippen LogP) is 1.72. The van der Waals surface area contributed by atoms with Crippen molar-refractivity contribution < 1.29 is 9.90 Å². The van der Waals surface area contributed by atoms with E-state index in [2.05, 4.69) is 30.6 Å². The number of hydrogen-bond acceptors (Lipinski definition) is 4. The first-order chi connectivity index (χ1) is 7.32. The van der Waals surface area contributed by atoms with Crippen LogP contribution in [0.2, 0.25) is 0 Å². The number of amides is 1. The van der Waals surface area contributed by atoms with Crippen LogP contribution in [0.15, 0.2) is 0 Å². The first-order valence-electron chi connectivity index (χ1n) is 5.53. The minimum absolute atomic E-state index is 0.105. The molecule has 0 aromatic carbocycles. The van der Waals surface area contributed by atoms with Gasteiger partial charge in [-0.25, -0.2) is 0 Å². The smallest absolute Gasteiger partial charge is 0.225 e. The molecule has 96 valence electrons. The largest absolute Gasteiger partial charge is 0.373 e. The molecule has 0 heterocycles. The van der Waals surface area contributed by atoms with Gasteiger partial charge >= 0.3 is 0 Å². The monoisotopic (exact) mass is 265 g/mol. The van der Waals surface area contributed by atoms with Gasteiger partial charge in [-0.05, 0) is 24.3 Å². The summed E-state index contributed by atoms with van der Waals surface area (Å²) in [5, 5.41) is 12.4. The quantitative estimate of drug-likeness (QED) is 0.437. The molecule has 0 bridgehead atoms.